The van der Waals surface area contributed by atoms with Gasteiger partial charge in [0.05, 0.1) is 17.5 Å². The molecule has 0 aromatic heterocycles. The Kier molecular flexibility index (Phi) is 6.32. The molecule has 1 rings (SSSR count). The fourth-order valence-corrected chi connectivity index (χ4v) is 2.78. The topological polar surface area (TPSA) is 95.5 Å². The maximum atomic E-state index is 12.1. The van der Waals surface area contributed by atoms with E-state index in [0.717, 1.165) is 0 Å². The van der Waals surface area contributed by atoms with Crippen LogP contribution >= 0.6 is 0 Å². The average molecular weight is 314 g/mol. The Balaban J connectivity index is 2.81. The molecule has 0 saturated carbocycles. The third kappa shape index (κ3) is 5.45. The van der Waals surface area contributed by atoms with Crippen molar-refractivity contribution < 1.29 is 18.3 Å². The van der Waals surface area contributed by atoms with E-state index < -0.39 is 22.0 Å². The van der Waals surface area contributed by atoms with Crippen molar-refractivity contribution in [2.24, 2.45) is 0 Å². The van der Waals surface area contributed by atoms with Crippen LogP contribution in [0.2, 0.25) is 0 Å². The van der Waals surface area contributed by atoms with Crippen molar-refractivity contribution in [3.8, 4) is 0 Å². The minimum absolute atomic E-state index is 0.0323. The van der Waals surface area contributed by atoms with Gasteiger partial charge >= 0.3 is 0 Å². The van der Waals surface area contributed by atoms with Crippen LogP contribution in [0.1, 0.15) is 38.9 Å². The molecule has 7 heteroatoms. The lowest BCUT2D eigenvalue weighted by Gasteiger charge is -2.12. The molecule has 0 bridgehead atoms. The van der Waals surface area contributed by atoms with E-state index in [1.165, 1.54) is 12.1 Å². The first kappa shape index (κ1) is 17.6. The van der Waals surface area contributed by atoms with E-state index in [2.05, 4.69) is 10.0 Å². The summed E-state index contributed by atoms with van der Waals surface area (Å²) in [4.78, 5) is 11.5. The molecule has 0 aliphatic heterocycles. The number of sulfonamides is 1. The molecular formula is C14H22N2O4S. The minimum atomic E-state index is -3.78. The maximum Gasteiger partial charge on any atom is 0.241 e. The lowest BCUT2D eigenvalue weighted by molar-refractivity contribution is -0.120. The summed E-state index contributed by atoms with van der Waals surface area (Å²) in [6.45, 7) is 5.07. The first-order valence-electron chi connectivity index (χ1n) is 6.83. The molecule has 0 saturated heterocycles. The highest BCUT2D eigenvalue weighted by Gasteiger charge is 2.17. The van der Waals surface area contributed by atoms with E-state index in [0.29, 0.717) is 12.0 Å². The van der Waals surface area contributed by atoms with Crippen molar-refractivity contribution in [2.75, 3.05) is 6.54 Å². The fourth-order valence-electron chi connectivity index (χ4n) is 1.74. The van der Waals surface area contributed by atoms with Gasteiger partial charge in [-0.05, 0) is 38.0 Å². The molecular weight excluding hydrogens is 292 g/mol. The second-order valence-electron chi connectivity index (χ2n) is 5.04. The third-order valence-corrected chi connectivity index (χ3v) is 4.21. The average Bonchev–Trinajstić information content (AvgIpc) is 2.44. The quantitative estimate of drug-likeness (QED) is 0.698. The second kappa shape index (κ2) is 7.53. The summed E-state index contributed by atoms with van der Waals surface area (Å²) in [7, 11) is -3.78. The number of aliphatic hydroxyl groups is 1. The van der Waals surface area contributed by atoms with Gasteiger partial charge in [0.2, 0.25) is 15.9 Å². The summed E-state index contributed by atoms with van der Waals surface area (Å²) in [6.07, 6.45) is -0.210. The van der Waals surface area contributed by atoms with Crippen LogP contribution in [0, 0.1) is 0 Å². The summed E-state index contributed by atoms with van der Waals surface area (Å²) in [6, 6.07) is 6.02. The van der Waals surface area contributed by atoms with Crippen LogP contribution in [0.4, 0.5) is 0 Å². The van der Waals surface area contributed by atoms with Crippen LogP contribution in [-0.2, 0) is 14.8 Å². The van der Waals surface area contributed by atoms with Gasteiger partial charge in [-0.25, -0.2) is 13.1 Å². The van der Waals surface area contributed by atoms with E-state index in [9.17, 15) is 18.3 Å². The fraction of sp³-hybridized carbons (Fsp3) is 0.500. The second-order valence-corrected chi connectivity index (χ2v) is 6.81. The van der Waals surface area contributed by atoms with Gasteiger partial charge in [-0.15, -0.1) is 0 Å². The molecule has 1 atom stereocenters. The van der Waals surface area contributed by atoms with Gasteiger partial charge in [-0.3, -0.25) is 4.79 Å². The summed E-state index contributed by atoms with van der Waals surface area (Å²) >= 11 is 0. The third-order valence-electron chi connectivity index (χ3n) is 2.81. The Labute approximate surface area is 125 Å². The molecule has 6 nitrogen and oxygen atoms in total. The van der Waals surface area contributed by atoms with E-state index in [-0.39, 0.29) is 17.5 Å². The molecule has 0 radical (unpaired) electrons. The van der Waals surface area contributed by atoms with Crippen LogP contribution in [-0.4, -0.2) is 32.0 Å². The number of benzene rings is 1. The largest absolute Gasteiger partial charge is 0.388 e. The van der Waals surface area contributed by atoms with Gasteiger partial charge in [-0.1, -0.05) is 19.1 Å². The predicted molar refractivity (Wildman–Crippen MR) is 80.2 cm³/mol. The zero-order chi connectivity index (χ0) is 16.0. The normalized spacial score (nSPS) is 13.2. The van der Waals surface area contributed by atoms with E-state index in [4.69, 9.17) is 0 Å². The number of carbonyl (C=O) groups is 1. The maximum absolute atomic E-state index is 12.1. The van der Waals surface area contributed by atoms with Gasteiger partial charge in [-0.2, -0.15) is 0 Å². The van der Waals surface area contributed by atoms with Crippen molar-refractivity contribution in [3.63, 3.8) is 0 Å². The van der Waals surface area contributed by atoms with Crippen LogP contribution in [0.5, 0.6) is 0 Å². The van der Waals surface area contributed by atoms with Crippen molar-refractivity contribution in [1.82, 2.24) is 10.0 Å². The zero-order valence-corrected chi connectivity index (χ0v) is 13.3. The van der Waals surface area contributed by atoms with Gasteiger partial charge in [0.1, 0.15) is 0 Å². The number of nitrogens with one attached hydrogen (secondary N) is 2. The van der Waals surface area contributed by atoms with Gasteiger partial charge in [0, 0.05) is 6.04 Å². The summed E-state index contributed by atoms with van der Waals surface area (Å²) < 4.78 is 26.5. The van der Waals surface area contributed by atoms with E-state index >= 15 is 0 Å². The number of carbonyl (C=O) groups excluding carboxylic acids is 1. The standard InChI is InChI=1S/C14H22N2O4S/c1-4-13(17)11-6-5-7-12(8-11)21(19,20)15-9-14(18)16-10(2)3/h5-8,10,13,15,17H,4,9H2,1-3H3,(H,16,18). The number of rotatable bonds is 7. The molecule has 0 aliphatic carbocycles. The molecule has 0 heterocycles. The highest BCUT2D eigenvalue weighted by atomic mass is 32.2. The van der Waals surface area contributed by atoms with Crippen molar-refractivity contribution in [2.45, 2.75) is 44.2 Å². The first-order chi connectivity index (χ1) is 9.76. The SMILES string of the molecule is CCC(O)c1cccc(S(=O)(=O)NCC(=O)NC(C)C)c1. The number of hydrogen-bond donors (Lipinski definition) is 3. The Morgan fingerprint density at radius 2 is 2.00 bits per heavy atom. The van der Waals surface area contributed by atoms with Crippen LogP contribution in [0.25, 0.3) is 0 Å². The smallest absolute Gasteiger partial charge is 0.241 e. The molecule has 1 unspecified atom stereocenters. The van der Waals surface area contributed by atoms with Crippen LogP contribution in [0.3, 0.4) is 0 Å². The number of aliphatic hydroxyl groups excluding tert-OH is 1. The monoisotopic (exact) mass is 314 g/mol. The van der Waals surface area contributed by atoms with Crippen LogP contribution < -0.4 is 10.0 Å². The van der Waals surface area contributed by atoms with Gasteiger partial charge in [0.15, 0.2) is 0 Å². The van der Waals surface area contributed by atoms with Gasteiger partial charge in [0.25, 0.3) is 0 Å². The molecule has 0 aliphatic rings. The molecule has 1 amide bonds. The minimum Gasteiger partial charge on any atom is -0.388 e. The number of amides is 1. The Hall–Kier alpha value is -1.44. The van der Waals surface area contributed by atoms with Crippen molar-refractivity contribution >= 4 is 15.9 Å². The van der Waals surface area contributed by atoms with E-state index in [1.807, 2.05) is 0 Å². The van der Waals surface area contributed by atoms with Gasteiger partial charge < -0.3 is 10.4 Å². The number of hydrogen-bond acceptors (Lipinski definition) is 4. The molecule has 21 heavy (non-hydrogen) atoms. The van der Waals surface area contributed by atoms with Crippen molar-refractivity contribution in [1.29, 1.82) is 0 Å². The Morgan fingerprint density at radius 1 is 1.33 bits per heavy atom. The molecule has 1 aromatic carbocycles. The van der Waals surface area contributed by atoms with Crippen molar-refractivity contribution in [3.05, 3.63) is 29.8 Å². The molecule has 3 N–H and O–H groups in total. The zero-order valence-electron chi connectivity index (χ0n) is 12.5. The van der Waals surface area contributed by atoms with E-state index in [1.54, 1.807) is 32.9 Å². The highest BCUT2D eigenvalue weighted by molar-refractivity contribution is 7.89. The molecule has 0 fully saturated rings. The molecule has 0 spiro atoms. The summed E-state index contributed by atoms with van der Waals surface area (Å²) in [5, 5.41) is 12.4. The van der Waals surface area contributed by atoms with Crippen LogP contribution in [0.15, 0.2) is 29.2 Å². The molecule has 118 valence electrons. The molecule has 1 aromatic rings. The highest BCUT2D eigenvalue weighted by Crippen LogP contribution is 2.19. The summed E-state index contributed by atoms with van der Waals surface area (Å²) in [5.74, 6) is -0.390. The first-order valence-corrected chi connectivity index (χ1v) is 8.31. The summed E-state index contributed by atoms with van der Waals surface area (Å²) in [5.41, 5.74) is 0.534. The lowest BCUT2D eigenvalue weighted by Crippen LogP contribution is -2.39. The Bertz CT molecular complexity index is 584. The Morgan fingerprint density at radius 3 is 2.57 bits per heavy atom. The predicted octanol–water partition coefficient (Wildman–Crippen LogP) is 0.933. The lowest BCUT2D eigenvalue weighted by atomic mass is 10.1.